The fraction of sp³-hybridized carbons (Fsp3) is 0.611. The number of sulfone groups is 1. The number of carbonyl (C=O) groups excluding carboxylic acids is 1. The predicted molar refractivity (Wildman–Crippen MR) is 99.5 cm³/mol. The highest BCUT2D eigenvalue weighted by atomic mass is 35.5. The third kappa shape index (κ3) is 5.43. The largest absolute Gasteiger partial charge is 0.350 e. The minimum absolute atomic E-state index is 0.0495. The molecule has 0 unspecified atom stereocenters. The van der Waals surface area contributed by atoms with Crippen molar-refractivity contribution in [3.63, 3.8) is 0 Å². The molecule has 1 aromatic carbocycles. The van der Waals surface area contributed by atoms with Crippen molar-refractivity contribution < 1.29 is 13.2 Å². The summed E-state index contributed by atoms with van der Waals surface area (Å²) in [7, 11) is -3.12. The highest BCUT2D eigenvalue weighted by Crippen LogP contribution is 2.22. The van der Waals surface area contributed by atoms with Crippen molar-refractivity contribution in [3.8, 4) is 0 Å². The summed E-state index contributed by atoms with van der Waals surface area (Å²) in [6.45, 7) is 2.12. The number of rotatable bonds is 5. The van der Waals surface area contributed by atoms with E-state index in [1.165, 1.54) is 5.56 Å². The second-order valence-electron chi connectivity index (χ2n) is 7.18. The molecule has 5 nitrogen and oxygen atoms in total. The Morgan fingerprint density at radius 3 is 2.44 bits per heavy atom. The van der Waals surface area contributed by atoms with Gasteiger partial charge in [-0.05, 0) is 43.8 Å². The number of hydrogen-bond acceptors (Lipinski definition) is 4. The number of alkyl halides is 1. The molecule has 2 aliphatic heterocycles. The van der Waals surface area contributed by atoms with Crippen LogP contribution in [0.15, 0.2) is 30.3 Å². The summed E-state index contributed by atoms with van der Waals surface area (Å²) in [5.41, 5.74) is 1.37. The average Bonchev–Trinajstić information content (AvgIpc) is 2.82. The molecular weight excluding hydrogens is 360 g/mol. The Morgan fingerprint density at radius 1 is 1.16 bits per heavy atom. The van der Waals surface area contributed by atoms with Gasteiger partial charge in [0.2, 0.25) is 5.91 Å². The maximum atomic E-state index is 12.2. The fourth-order valence-electron chi connectivity index (χ4n) is 3.69. The summed E-state index contributed by atoms with van der Waals surface area (Å²) in [6.07, 6.45) is 3.25. The van der Waals surface area contributed by atoms with E-state index in [4.69, 9.17) is 11.6 Å². The molecule has 1 N–H and O–H groups in total. The Kier molecular flexibility index (Phi) is 6.02. The SMILES string of the molecule is O=C(CN1CCC(Cc2ccccc2)CC1)N[C@@H]1CS(=O)(=O)C[C@H]1Cl. The zero-order chi connectivity index (χ0) is 17.9. The van der Waals surface area contributed by atoms with E-state index in [1.54, 1.807) is 0 Å². The predicted octanol–water partition coefficient (Wildman–Crippen LogP) is 1.46. The van der Waals surface area contributed by atoms with Crippen LogP contribution in [0, 0.1) is 5.92 Å². The Morgan fingerprint density at radius 2 is 1.84 bits per heavy atom. The Labute approximate surface area is 154 Å². The van der Waals surface area contributed by atoms with Gasteiger partial charge in [-0.2, -0.15) is 0 Å². The lowest BCUT2D eigenvalue weighted by Gasteiger charge is -2.31. The number of nitrogens with zero attached hydrogens (tertiary/aromatic N) is 1. The molecule has 0 aliphatic carbocycles. The van der Waals surface area contributed by atoms with Crippen LogP contribution in [0.4, 0.5) is 0 Å². The van der Waals surface area contributed by atoms with Crippen LogP contribution < -0.4 is 5.32 Å². The van der Waals surface area contributed by atoms with Crippen LogP contribution in [0.1, 0.15) is 18.4 Å². The number of amides is 1. The van der Waals surface area contributed by atoms with Crippen LogP contribution in [0.2, 0.25) is 0 Å². The molecule has 2 saturated heterocycles. The number of benzene rings is 1. The molecule has 138 valence electrons. The molecule has 25 heavy (non-hydrogen) atoms. The third-order valence-electron chi connectivity index (χ3n) is 5.07. The maximum Gasteiger partial charge on any atom is 0.234 e. The monoisotopic (exact) mass is 384 g/mol. The van der Waals surface area contributed by atoms with Crippen molar-refractivity contribution in [2.75, 3.05) is 31.1 Å². The highest BCUT2D eigenvalue weighted by Gasteiger charge is 2.37. The van der Waals surface area contributed by atoms with Crippen LogP contribution in [0.3, 0.4) is 0 Å². The average molecular weight is 385 g/mol. The van der Waals surface area contributed by atoms with E-state index in [2.05, 4.69) is 34.5 Å². The molecule has 0 aromatic heterocycles. The van der Waals surface area contributed by atoms with Crippen molar-refractivity contribution >= 4 is 27.3 Å². The van der Waals surface area contributed by atoms with E-state index in [1.807, 2.05) is 6.07 Å². The lowest BCUT2D eigenvalue weighted by molar-refractivity contribution is -0.123. The Bertz CT molecular complexity index is 688. The normalized spacial score (nSPS) is 27.2. The second kappa shape index (κ2) is 8.06. The summed E-state index contributed by atoms with van der Waals surface area (Å²) in [5.74, 6) is 0.430. The van der Waals surface area contributed by atoms with Gasteiger partial charge in [0, 0.05) is 0 Å². The van der Waals surface area contributed by atoms with E-state index in [0.717, 1.165) is 32.4 Å². The first-order chi connectivity index (χ1) is 11.9. The highest BCUT2D eigenvalue weighted by molar-refractivity contribution is 7.91. The van der Waals surface area contributed by atoms with E-state index < -0.39 is 21.3 Å². The Hall–Kier alpha value is -1.11. The molecule has 7 heteroatoms. The zero-order valence-corrected chi connectivity index (χ0v) is 15.8. The minimum atomic E-state index is -3.12. The summed E-state index contributed by atoms with van der Waals surface area (Å²) >= 11 is 6.04. The molecule has 2 aliphatic rings. The molecule has 0 radical (unpaired) electrons. The van der Waals surface area contributed by atoms with Gasteiger partial charge in [0.25, 0.3) is 0 Å². The number of likely N-dealkylation sites (tertiary alicyclic amines) is 1. The minimum Gasteiger partial charge on any atom is -0.350 e. The van der Waals surface area contributed by atoms with Crippen molar-refractivity contribution in [2.45, 2.75) is 30.7 Å². The van der Waals surface area contributed by atoms with Gasteiger partial charge in [-0.25, -0.2) is 8.42 Å². The van der Waals surface area contributed by atoms with E-state index >= 15 is 0 Å². The van der Waals surface area contributed by atoms with Gasteiger partial charge in [0.1, 0.15) is 0 Å². The van der Waals surface area contributed by atoms with Crippen molar-refractivity contribution in [1.29, 1.82) is 0 Å². The number of carbonyl (C=O) groups is 1. The molecule has 1 amide bonds. The van der Waals surface area contributed by atoms with Gasteiger partial charge < -0.3 is 5.32 Å². The first kappa shape index (κ1) is 18.7. The molecular formula is C18H25ClN2O3S. The summed E-state index contributed by atoms with van der Waals surface area (Å²) in [6, 6.07) is 10.0. The number of halogens is 1. The second-order valence-corrected chi connectivity index (χ2v) is 9.89. The standard InChI is InChI=1S/C18H25ClN2O3S/c19-16-12-25(23,24)13-17(16)20-18(22)11-21-8-6-15(7-9-21)10-14-4-2-1-3-5-14/h1-5,15-17H,6-13H2,(H,20,22)/t16-,17-/m1/s1. The summed E-state index contributed by atoms with van der Waals surface area (Å²) in [5, 5.41) is 2.27. The van der Waals surface area contributed by atoms with Crippen molar-refractivity contribution in [2.24, 2.45) is 5.92 Å². The van der Waals surface area contributed by atoms with Gasteiger partial charge in [-0.3, -0.25) is 9.69 Å². The quantitative estimate of drug-likeness (QED) is 0.780. The lowest BCUT2D eigenvalue weighted by Crippen LogP contribution is -2.47. The first-order valence-electron chi connectivity index (χ1n) is 8.81. The van der Waals surface area contributed by atoms with Gasteiger partial charge in [-0.1, -0.05) is 30.3 Å². The lowest BCUT2D eigenvalue weighted by atomic mass is 9.90. The summed E-state index contributed by atoms with van der Waals surface area (Å²) in [4.78, 5) is 14.3. The zero-order valence-electron chi connectivity index (χ0n) is 14.2. The third-order valence-corrected chi connectivity index (χ3v) is 7.45. The number of hydrogen-bond donors (Lipinski definition) is 1. The number of nitrogens with one attached hydrogen (secondary N) is 1. The first-order valence-corrected chi connectivity index (χ1v) is 11.1. The maximum absolute atomic E-state index is 12.2. The van der Waals surface area contributed by atoms with Gasteiger partial charge in [-0.15, -0.1) is 11.6 Å². The van der Waals surface area contributed by atoms with E-state index in [0.29, 0.717) is 12.5 Å². The van der Waals surface area contributed by atoms with Crippen molar-refractivity contribution in [1.82, 2.24) is 10.2 Å². The van der Waals surface area contributed by atoms with Crippen LogP contribution in [0.5, 0.6) is 0 Å². The van der Waals surface area contributed by atoms with Gasteiger partial charge in [0.15, 0.2) is 9.84 Å². The van der Waals surface area contributed by atoms with Crippen LogP contribution in [-0.2, 0) is 21.1 Å². The topological polar surface area (TPSA) is 66.5 Å². The molecule has 1 aromatic rings. The molecule has 0 saturated carbocycles. The Balaban J connectivity index is 1.41. The van der Waals surface area contributed by atoms with Crippen LogP contribution in [-0.4, -0.2) is 61.8 Å². The molecule has 2 heterocycles. The molecule has 3 rings (SSSR count). The van der Waals surface area contributed by atoms with Crippen LogP contribution in [0.25, 0.3) is 0 Å². The smallest absolute Gasteiger partial charge is 0.234 e. The molecule has 0 bridgehead atoms. The molecule has 2 atom stereocenters. The fourth-order valence-corrected chi connectivity index (χ4v) is 6.24. The van der Waals surface area contributed by atoms with Crippen LogP contribution >= 0.6 is 11.6 Å². The van der Waals surface area contributed by atoms with Gasteiger partial charge >= 0.3 is 0 Å². The van der Waals surface area contributed by atoms with E-state index in [9.17, 15) is 13.2 Å². The molecule has 0 spiro atoms. The number of piperidine rings is 1. The van der Waals surface area contributed by atoms with Gasteiger partial charge in [0.05, 0.1) is 29.5 Å². The van der Waals surface area contributed by atoms with Crippen molar-refractivity contribution in [3.05, 3.63) is 35.9 Å². The molecule has 2 fully saturated rings. The van der Waals surface area contributed by atoms with E-state index in [-0.39, 0.29) is 17.4 Å². The summed E-state index contributed by atoms with van der Waals surface area (Å²) < 4.78 is 23.1.